The maximum atomic E-state index is 11.7. The van der Waals surface area contributed by atoms with Crippen LogP contribution in [0.25, 0.3) is 0 Å². The number of rotatable bonds is 6. The van der Waals surface area contributed by atoms with Crippen LogP contribution in [-0.2, 0) is 4.79 Å². The number of amides is 1. The first-order valence-corrected chi connectivity index (χ1v) is 7.71. The van der Waals surface area contributed by atoms with Crippen LogP contribution in [0.3, 0.4) is 0 Å². The Labute approximate surface area is 118 Å². The fraction of sp³-hybridized carbons (Fsp3) is 0.933. The minimum absolute atomic E-state index is 0.120. The van der Waals surface area contributed by atoms with E-state index in [0.717, 1.165) is 6.54 Å². The molecule has 1 saturated carbocycles. The van der Waals surface area contributed by atoms with E-state index in [4.69, 9.17) is 5.73 Å². The van der Waals surface area contributed by atoms with E-state index < -0.39 is 0 Å². The van der Waals surface area contributed by atoms with Gasteiger partial charge in [-0.05, 0) is 33.7 Å². The average molecular weight is 269 g/mol. The molecule has 0 bridgehead atoms. The first-order chi connectivity index (χ1) is 9.00. The summed E-state index contributed by atoms with van der Waals surface area (Å²) in [6.45, 7) is 5.49. The van der Waals surface area contributed by atoms with Crippen molar-refractivity contribution in [2.75, 3.05) is 20.1 Å². The predicted molar refractivity (Wildman–Crippen MR) is 80.0 cm³/mol. The Bertz CT molecular complexity index is 271. The van der Waals surface area contributed by atoms with E-state index in [1.165, 1.54) is 38.5 Å². The Kier molecular flexibility index (Phi) is 6.80. The molecule has 4 heteroatoms. The standard InChI is InChI=1S/C15H31N3O/c1-13(2)17-14(19)8-11-18(3)15(12-16)9-6-4-5-7-10-15/h13H,4-12,16H2,1-3H3,(H,17,19). The van der Waals surface area contributed by atoms with Crippen LogP contribution in [0, 0.1) is 0 Å². The number of carbonyl (C=O) groups excluding carboxylic acids is 1. The number of hydrogen-bond donors (Lipinski definition) is 2. The summed E-state index contributed by atoms with van der Waals surface area (Å²) in [6, 6.07) is 0.221. The van der Waals surface area contributed by atoms with Crippen LogP contribution < -0.4 is 11.1 Å². The molecule has 0 unspecified atom stereocenters. The average Bonchev–Trinajstić information content (AvgIpc) is 2.61. The highest BCUT2D eigenvalue weighted by Crippen LogP contribution is 2.31. The van der Waals surface area contributed by atoms with Crippen molar-refractivity contribution in [2.45, 2.75) is 70.4 Å². The van der Waals surface area contributed by atoms with Gasteiger partial charge in [-0.25, -0.2) is 0 Å². The highest BCUT2D eigenvalue weighted by atomic mass is 16.1. The quantitative estimate of drug-likeness (QED) is 0.724. The molecule has 0 aromatic heterocycles. The lowest BCUT2D eigenvalue weighted by Gasteiger charge is -2.41. The Morgan fingerprint density at radius 1 is 1.26 bits per heavy atom. The maximum Gasteiger partial charge on any atom is 0.221 e. The van der Waals surface area contributed by atoms with Gasteiger partial charge in [0, 0.05) is 31.1 Å². The molecule has 4 nitrogen and oxygen atoms in total. The molecular weight excluding hydrogens is 238 g/mol. The monoisotopic (exact) mass is 269 g/mol. The molecule has 0 heterocycles. The SMILES string of the molecule is CC(C)NC(=O)CCN(C)C1(CN)CCCCCC1. The summed E-state index contributed by atoms with van der Waals surface area (Å²) in [5.74, 6) is 0.141. The van der Waals surface area contributed by atoms with Crippen LogP contribution in [0.4, 0.5) is 0 Å². The minimum atomic E-state index is 0.120. The molecular formula is C15H31N3O. The Balaban J connectivity index is 2.48. The van der Waals surface area contributed by atoms with Crippen molar-refractivity contribution in [3.05, 3.63) is 0 Å². The van der Waals surface area contributed by atoms with E-state index in [9.17, 15) is 4.79 Å². The zero-order valence-electron chi connectivity index (χ0n) is 12.9. The van der Waals surface area contributed by atoms with Gasteiger partial charge in [0.15, 0.2) is 0 Å². The first kappa shape index (κ1) is 16.4. The second-order valence-corrected chi connectivity index (χ2v) is 6.24. The van der Waals surface area contributed by atoms with Gasteiger partial charge < -0.3 is 11.1 Å². The lowest BCUT2D eigenvalue weighted by molar-refractivity contribution is -0.122. The zero-order chi connectivity index (χ0) is 14.3. The summed E-state index contributed by atoms with van der Waals surface area (Å²) in [5.41, 5.74) is 6.17. The number of nitrogens with two attached hydrogens (primary N) is 1. The summed E-state index contributed by atoms with van der Waals surface area (Å²) in [4.78, 5) is 14.1. The molecule has 0 aromatic carbocycles. The Hall–Kier alpha value is -0.610. The predicted octanol–water partition coefficient (Wildman–Crippen LogP) is 1.88. The molecule has 1 amide bonds. The smallest absolute Gasteiger partial charge is 0.221 e. The topological polar surface area (TPSA) is 58.4 Å². The second kappa shape index (κ2) is 7.85. The zero-order valence-corrected chi connectivity index (χ0v) is 12.9. The van der Waals surface area contributed by atoms with Crippen molar-refractivity contribution in [1.29, 1.82) is 0 Å². The van der Waals surface area contributed by atoms with Gasteiger partial charge in [-0.1, -0.05) is 25.7 Å². The number of likely N-dealkylation sites (N-methyl/N-ethyl adjacent to an activating group) is 1. The van der Waals surface area contributed by atoms with E-state index in [2.05, 4.69) is 17.3 Å². The number of nitrogens with one attached hydrogen (secondary N) is 1. The molecule has 1 fully saturated rings. The molecule has 112 valence electrons. The summed E-state index contributed by atoms with van der Waals surface area (Å²) in [5, 5.41) is 2.95. The van der Waals surface area contributed by atoms with Crippen molar-refractivity contribution in [1.82, 2.24) is 10.2 Å². The van der Waals surface area contributed by atoms with Gasteiger partial charge in [0.1, 0.15) is 0 Å². The van der Waals surface area contributed by atoms with Crippen molar-refractivity contribution in [2.24, 2.45) is 5.73 Å². The van der Waals surface area contributed by atoms with E-state index in [1.54, 1.807) is 0 Å². The summed E-state index contributed by atoms with van der Waals surface area (Å²) < 4.78 is 0. The van der Waals surface area contributed by atoms with Crippen LogP contribution in [0.1, 0.15) is 58.8 Å². The largest absolute Gasteiger partial charge is 0.354 e. The van der Waals surface area contributed by atoms with Crippen LogP contribution in [-0.4, -0.2) is 42.5 Å². The van der Waals surface area contributed by atoms with Gasteiger partial charge >= 0.3 is 0 Å². The van der Waals surface area contributed by atoms with Crippen molar-refractivity contribution >= 4 is 5.91 Å². The van der Waals surface area contributed by atoms with E-state index in [1.807, 2.05) is 13.8 Å². The minimum Gasteiger partial charge on any atom is -0.354 e. The van der Waals surface area contributed by atoms with Crippen LogP contribution in [0.5, 0.6) is 0 Å². The normalized spacial score (nSPS) is 19.5. The Morgan fingerprint density at radius 2 is 1.84 bits per heavy atom. The number of nitrogens with zero attached hydrogens (tertiary/aromatic N) is 1. The molecule has 0 atom stereocenters. The van der Waals surface area contributed by atoms with Crippen molar-refractivity contribution in [3.63, 3.8) is 0 Å². The molecule has 19 heavy (non-hydrogen) atoms. The summed E-state index contributed by atoms with van der Waals surface area (Å²) in [7, 11) is 2.13. The molecule has 3 N–H and O–H groups in total. The van der Waals surface area contributed by atoms with Gasteiger partial charge in [-0.3, -0.25) is 9.69 Å². The van der Waals surface area contributed by atoms with Crippen molar-refractivity contribution < 1.29 is 4.79 Å². The van der Waals surface area contributed by atoms with Crippen LogP contribution in [0.2, 0.25) is 0 Å². The lowest BCUT2D eigenvalue weighted by atomic mass is 9.88. The molecule has 0 saturated heterocycles. The molecule has 0 aromatic rings. The van der Waals surface area contributed by atoms with Crippen molar-refractivity contribution in [3.8, 4) is 0 Å². The number of carbonyl (C=O) groups is 1. The molecule has 1 rings (SSSR count). The van der Waals surface area contributed by atoms with Gasteiger partial charge in [0.2, 0.25) is 5.91 Å². The highest BCUT2D eigenvalue weighted by Gasteiger charge is 2.33. The maximum absolute atomic E-state index is 11.7. The van der Waals surface area contributed by atoms with E-state index in [-0.39, 0.29) is 17.5 Å². The lowest BCUT2D eigenvalue weighted by Crippen LogP contribution is -2.52. The van der Waals surface area contributed by atoms with E-state index in [0.29, 0.717) is 13.0 Å². The number of hydrogen-bond acceptors (Lipinski definition) is 3. The fourth-order valence-electron chi connectivity index (χ4n) is 3.03. The molecule has 1 aliphatic carbocycles. The summed E-state index contributed by atoms with van der Waals surface area (Å²) >= 11 is 0. The van der Waals surface area contributed by atoms with Crippen LogP contribution >= 0.6 is 0 Å². The fourth-order valence-corrected chi connectivity index (χ4v) is 3.03. The third kappa shape index (κ3) is 5.11. The van der Waals surface area contributed by atoms with Gasteiger partial charge in [-0.2, -0.15) is 0 Å². The third-order valence-corrected chi connectivity index (χ3v) is 4.35. The molecule has 0 radical (unpaired) electrons. The molecule has 0 aliphatic heterocycles. The van der Waals surface area contributed by atoms with E-state index >= 15 is 0 Å². The Morgan fingerprint density at radius 3 is 2.32 bits per heavy atom. The highest BCUT2D eigenvalue weighted by molar-refractivity contribution is 5.76. The van der Waals surface area contributed by atoms with Crippen LogP contribution in [0.15, 0.2) is 0 Å². The first-order valence-electron chi connectivity index (χ1n) is 7.71. The van der Waals surface area contributed by atoms with Gasteiger partial charge in [-0.15, -0.1) is 0 Å². The molecule has 1 aliphatic rings. The van der Waals surface area contributed by atoms with Gasteiger partial charge in [0.05, 0.1) is 0 Å². The molecule has 0 spiro atoms. The second-order valence-electron chi connectivity index (χ2n) is 6.24. The third-order valence-electron chi connectivity index (χ3n) is 4.35. The summed E-state index contributed by atoms with van der Waals surface area (Å²) in [6.07, 6.45) is 8.08. The van der Waals surface area contributed by atoms with Gasteiger partial charge in [0.25, 0.3) is 0 Å².